The van der Waals surface area contributed by atoms with E-state index in [1.54, 1.807) is 0 Å². The summed E-state index contributed by atoms with van der Waals surface area (Å²) in [6, 6.07) is 12.8. The average Bonchev–Trinajstić information content (AvgIpc) is 3.24. The monoisotopic (exact) mass is 492 g/mol. The molecule has 3 aromatic rings. The van der Waals surface area contributed by atoms with Gasteiger partial charge in [-0.15, -0.1) is 24.0 Å². The SMILES string of the molecule is CN=C(NCc1cccc(Cn2ccnc2C)c1)N(C)Cc1cccn1C.I. The van der Waals surface area contributed by atoms with E-state index in [0.717, 1.165) is 31.4 Å². The molecular formula is C21H29IN6. The molecule has 1 N–H and O–H groups in total. The maximum Gasteiger partial charge on any atom is 0.194 e. The summed E-state index contributed by atoms with van der Waals surface area (Å²) in [5.74, 6) is 1.91. The molecule has 0 spiro atoms. The average molecular weight is 492 g/mol. The molecule has 7 heteroatoms. The van der Waals surface area contributed by atoms with Crippen LogP contribution in [0, 0.1) is 6.92 Å². The molecule has 2 aromatic heterocycles. The predicted molar refractivity (Wildman–Crippen MR) is 125 cm³/mol. The van der Waals surface area contributed by atoms with E-state index >= 15 is 0 Å². The second-order valence-corrected chi connectivity index (χ2v) is 6.79. The van der Waals surface area contributed by atoms with Gasteiger partial charge in [0.15, 0.2) is 5.96 Å². The third kappa shape index (κ3) is 5.60. The van der Waals surface area contributed by atoms with Crippen molar-refractivity contribution < 1.29 is 0 Å². The van der Waals surface area contributed by atoms with Gasteiger partial charge in [-0.3, -0.25) is 4.99 Å². The van der Waals surface area contributed by atoms with Gasteiger partial charge >= 0.3 is 0 Å². The highest BCUT2D eigenvalue weighted by molar-refractivity contribution is 14.0. The Bertz CT molecular complexity index is 911. The number of benzene rings is 1. The van der Waals surface area contributed by atoms with Crippen LogP contribution in [0.4, 0.5) is 0 Å². The number of nitrogens with one attached hydrogen (secondary N) is 1. The Morgan fingerprint density at radius 3 is 2.61 bits per heavy atom. The van der Waals surface area contributed by atoms with Crippen LogP contribution in [0.15, 0.2) is 60.0 Å². The lowest BCUT2D eigenvalue weighted by atomic mass is 10.1. The Labute approximate surface area is 184 Å². The first-order chi connectivity index (χ1) is 13.1. The Balaban J connectivity index is 0.00000280. The molecule has 0 fully saturated rings. The van der Waals surface area contributed by atoms with E-state index in [2.05, 4.69) is 86.0 Å². The summed E-state index contributed by atoms with van der Waals surface area (Å²) in [7, 11) is 5.94. The minimum atomic E-state index is 0. The number of aromatic nitrogens is 3. The Hall–Kier alpha value is -2.29. The number of halogens is 1. The van der Waals surface area contributed by atoms with Crippen LogP contribution < -0.4 is 5.32 Å². The van der Waals surface area contributed by atoms with Crippen molar-refractivity contribution in [1.82, 2.24) is 24.3 Å². The molecule has 28 heavy (non-hydrogen) atoms. The van der Waals surface area contributed by atoms with E-state index in [-0.39, 0.29) is 24.0 Å². The van der Waals surface area contributed by atoms with Gasteiger partial charge in [0.1, 0.15) is 5.82 Å². The summed E-state index contributed by atoms with van der Waals surface area (Å²) in [6.07, 6.45) is 5.92. The largest absolute Gasteiger partial charge is 0.353 e. The Morgan fingerprint density at radius 2 is 1.96 bits per heavy atom. The summed E-state index contributed by atoms with van der Waals surface area (Å²) >= 11 is 0. The predicted octanol–water partition coefficient (Wildman–Crippen LogP) is 3.40. The topological polar surface area (TPSA) is 50.4 Å². The number of hydrogen-bond donors (Lipinski definition) is 1. The van der Waals surface area contributed by atoms with Crippen molar-refractivity contribution in [2.24, 2.45) is 12.0 Å². The van der Waals surface area contributed by atoms with Crippen LogP contribution in [-0.2, 0) is 26.7 Å². The summed E-state index contributed by atoms with van der Waals surface area (Å²) < 4.78 is 4.28. The van der Waals surface area contributed by atoms with Gasteiger partial charge in [0.05, 0.1) is 6.54 Å². The number of imidazole rings is 1. The lowest BCUT2D eigenvalue weighted by Gasteiger charge is -2.22. The van der Waals surface area contributed by atoms with E-state index in [9.17, 15) is 0 Å². The second kappa shape index (κ2) is 10.3. The number of rotatable bonds is 6. The molecule has 150 valence electrons. The van der Waals surface area contributed by atoms with E-state index in [4.69, 9.17) is 0 Å². The third-order valence-electron chi connectivity index (χ3n) is 4.74. The highest BCUT2D eigenvalue weighted by atomic mass is 127. The molecule has 0 saturated heterocycles. The van der Waals surface area contributed by atoms with Crippen molar-refractivity contribution in [2.45, 2.75) is 26.6 Å². The molecule has 0 amide bonds. The van der Waals surface area contributed by atoms with Gasteiger partial charge < -0.3 is 19.4 Å². The van der Waals surface area contributed by atoms with Crippen molar-refractivity contribution in [3.05, 3.63) is 77.6 Å². The third-order valence-corrected chi connectivity index (χ3v) is 4.74. The summed E-state index contributed by atoms with van der Waals surface area (Å²) in [4.78, 5) is 10.8. The van der Waals surface area contributed by atoms with E-state index in [0.29, 0.717) is 0 Å². The molecule has 2 heterocycles. The normalized spacial score (nSPS) is 11.2. The van der Waals surface area contributed by atoms with Crippen LogP contribution in [0.25, 0.3) is 0 Å². The van der Waals surface area contributed by atoms with Crippen LogP contribution in [0.2, 0.25) is 0 Å². The van der Waals surface area contributed by atoms with E-state index in [1.165, 1.54) is 16.8 Å². The van der Waals surface area contributed by atoms with Crippen molar-refractivity contribution in [3.8, 4) is 0 Å². The maximum atomic E-state index is 4.42. The Kier molecular flexibility index (Phi) is 8.10. The zero-order valence-electron chi connectivity index (χ0n) is 17.0. The molecule has 0 bridgehead atoms. The van der Waals surface area contributed by atoms with Gasteiger partial charge in [0, 0.05) is 58.5 Å². The first-order valence-electron chi connectivity index (χ1n) is 9.14. The Morgan fingerprint density at radius 1 is 1.18 bits per heavy atom. The molecule has 0 unspecified atom stereocenters. The lowest BCUT2D eigenvalue weighted by molar-refractivity contribution is 0.461. The fourth-order valence-electron chi connectivity index (χ4n) is 3.15. The second-order valence-electron chi connectivity index (χ2n) is 6.79. The van der Waals surface area contributed by atoms with Crippen LogP contribution >= 0.6 is 24.0 Å². The van der Waals surface area contributed by atoms with Gasteiger partial charge in [0.25, 0.3) is 0 Å². The van der Waals surface area contributed by atoms with Crippen molar-refractivity contribution >= 4 is 29.9 Å². The smallest absolute Gasteiger partial charge is 0.194 e. The lowest BCUT2D eigenvalue weighted by Crippen LogP contribution is -2.38. The van der Waals surface area contributed by atoms with Gasteiger partial charge in [-0.2, -0.15) is 0 Å². The zero-order chi connectivity index (χ0) is 19.2. The molecular weight excluding hydrogens is 463 g/mol. The molecule has 0 aliphatic carbocycles. The van der Waals surface area contributed by atoms with Gasteiger partial charge in [-0.05, 0) is 30.2 Å². The molecule has 0 radical (unpaired) electrons. The van der Waals surface area contributed by atoms with Gasteiger partial charge in [-0.25, -0.2) is 4.98 Å². The molecule has 6 nitrogen and oxygen atoms in total. The van der Waals surface area contributed by atoms with Crippen LogP contribution in [0.3, 0.4) is 0 Å². The van der Waals surface area contributed by atoms with Crippen molar-refractivity contribution in [3.63, 3.8) is 0 Å². The first kappa shape index (κ1) is 22.0. The van der Waals surface area contributed by atoms with Crippen LogP contribution in [-0.4, -0.2) is 39.1 Å². The fourth-order valence-corrected chi connectivity index (χ4v) is 3.15. The molecule has 0 aliphatic rings. The summed E-state index contributed by atoms with van der Waals surface area (Å²) in [5.41, 5.74) is 3.75. The summed E-state index contributed by atoms with van der Waals surface area (Å²) in [6.45, 7) is 4.41. The van der Waals surface area contributed by atoms with E-state index < -0.39 is 0 Å². The molecule has 3 rings (SSSR count). The highest BCUT2D eigenvalue weighted by Gasteiger charge is 2.08. The zero-order valence-corrected chi connectivity index (χ0v) is 19.3. The summed E-state index contributed by atoms with van der Waals surface area (Å²) in [5, 5.41) is 3.46. The standard InChI is InChI=1S/C21H28N6.HI/c1-17-23-10-12-27(17)15-19-8-5-7-18(13-19)14-24-21(22-2)26(4)16-20-9-6-11-25(20)3;/h5-13H,14-16H2,1-4H3,(H,22,24);1H. The molecule has 0 aliphatic heterocycles. The van der Waals surface area contributed by atoms with Crippen LogP contribution in [0.5, 0.6) is 0 Å². The molecule has 0 atom stereocenters. The molecule has 1 aromatic carbocycles. The minimum absolute atomic E-state index is 0. The fraction of sp³-hybridized carbons (Fsp3) is 0.333. The first-order valence-corrected chi connectivity index (χ1v) is 9.14. The van der Waals surface area contributed by atoms with Crippen molar-refractivity contribution in [2.75, 3.05) is 14.1 Å². The number of hydrogen-bond acceptors (Lipinski definition) is 2. The van der Waals surface area contributed by atoms with Crippen LogP contribution in [0.1, 0.15) is 22.6 Å². The van der Waals surface area contributed by atoms with Crippen molar-refractivity contribution in [1.29, 1.82) is 0 Å². The number of nitrogens with zero attached hydrogens (tertiary/aromatic N) is 5. The van der Waals surface area contributed by atoms with Gasteiger partial charge in [-0.1, -0.05) is 24.3 Å². The van der Waals surface area contributed by atoms with Gasteiger partial charge in [0.2, 0.25) is 0 Å². The highest BCUT2D eigenvalue weighted by Crippen LogP contribution is 2.09. The molecule has 0 saturated carbocycles. The number of aryl methyl sites for hydroxylation is 2. The number of aliphatic imine (C=N–C) groups is 1. The van der Waals surface area contributed by atoms with E-state index in [1.807, 2.05) is 26.4 Å². The maximum absolute atomic E-state index is 4.42. The number of guanidine groups is 1. The minimum Gasteiger partial charge on any atom is -0.353 e. The quantitative estimate of drug-likeness (QED) is 0.326.